The van der Waals surface area contributed by atoms with E-state index in [0.29, 0.717) is 0 Å². The highest BCUT2D eigenvalue weighted by molar-refractivity contribution is 7.90. The summed E-state index contributed by atoms with van der Waals surface area (Å²) in [5.74, 6) is 0. The monoisotopic (exact) mass is 344 g/mol. The fourth-order valence-electron chi connectivity index (χ4n) is 2.45. The molecule has 0 unspecified atom stereocenters. The SMILES string of the molecule is CS(=O)(=O)c1cc2oc3cccc(C#N)c3c(=O)c2cc1[N+](=O)[O-]. The summed E-state index contributed by atoms with van der Waals surface area (Å²) in [7, 11) is -3.90. The quantitative estimate of drug-likeness (QED) is 0.395. The minimum Gasteiger partial charge on any atom is -0.456 e. The van der Waals surface area contributed by atoms with Crippen LogP contribution in [0, 0.1) is 21.4 Å². The zero-order valence-electron chi connectivity index (χ0n) is 12.1. The molecule has 0 aliphatic carbocycles. The average molecular weight is 344 g/mol. The minimum atomic E-state index is -3.90. The number of fused-ring (bicyclic) bond motifs is 2. The van der Waals surface area contributed by atoms with E-state index < -0.39 is 30.8 Å². The van der Waals surface area contributed by atoms with Crippen LogP contribution in [0.25, 0.3) is 21.9 Å². The molecule has 1 heterocycles. The van der Waals surface area contributed by atoms with Crippen LogP contribution in [-0.4, -0.2) is 19.6 Å². The summed E-state index contributed by atoms with van der Waals surface area (Å²) in [6.07, 6.45) is 0.827. The smallest absolute Gasteiger partial charge is 0.288 e. The van der Waals surface area contributed by atoms with Gasteiger partial charge in [-0.1, -0.05) is 6.07 Å². The first-order valence-electron chi connectivity index (χ1n) is 6.52. The number of nitrogens with zero attached hydrogens (tertiary/aromatic N) is 2. The van der Waals surface area contributed by atoms with Crippen LogP contribution in [-0.2, 0) is 9.84 Å². The van der Waals surface area contributed by atoms with E-state index in [1.807, 2.05) is 6.07 Å². The van der Waals surface area contributed by atoms with Crippen molar-refractivity contribution in [3.05, 3.63) is 56.2 Å². The maximum atomic E-state index is 12.6. The highest BCUT2D eigenvalue weighted by atomic mass is 32.2. The molecule has 0 spiro atoms. The Morgan fingerprint density at radius 2 is 1.96 bits per heavy atom. The molecular weight excluding hydrogens is 336 g/mol. The third-order valence-corrected chi connectivity index (χ3v) is 4.62. The molecule has 120 valence electrons. The molecule has 3 aromatic rings. The van der Waals surface area contributed by atoms with Gasteiger partial charge in [-0.3, -0.25) is 14.9 Å². The summed E-state index contributed by atoms with van der Waals surface area (Å²) in [5.41, 5.74) is -1.29. The van der Waals surface area contributed by atoms with E-state index in [1.165, 1.54) is 18.2 Å². The molecule has 0 aliphatic heterocycles. The van der Waals surface area contributed by atoms with Gasteiger partial charge in [0.15, 0.2) is 9.84 Å². The topological polar surface area (TPSA) is 131 Å². The van der Waals surface area contributed by atoms with Gasteiger partial charge in [0.05, 0.1) is 21.3 Å². The number of nitro benzene ring substituents is 1. The predicted octanol–water partition coefficient (Wildman–Crippen LogP) is 2.13. The first-order valence-corrected chi connectivity index (χ1v) is 8.41. The van der Waals surface area contributed by atoms with Gasteiger partial charge < -0.3 is 4.42 Å². The highest BCUT2D eigenvalue weighted by Gasteiger charge is 2.25. The Morgan fingerprint density at radius 1 is 1.25 bits per heavy atom. The molecule has 24 heavy (non-hydrogen) atoms. The van der Waals surface area contributed by atoms with Gasteiger partial charge in [-0.15, -0.1) is 0 Å². The lowest BCUT2D eigenvalue weighted by Crippen LogP contribution is -2.08. The van der Waals surface area contributed by atoms with Crippen LogP contribution in [0.15, 0.2) is 44.4 Å². The van der Waals surface area contributed by atoms with Crippen molar-refractivity contribution < 1.29 is 17.8 Å². The first-order chi connectivity index (χ1) is 11.2. The molecule has 2 aromatic carbocycles. The molecule has 0 saturated carbocycles. The Morgan fingerprint density at radius 3 is 2.54 bits per heavy atom. The van der Waals surface area contributed by atoms with E-state index in [2.05, 4.69) is 0 Å². The number of benzene rings is 2. The van der Waals surface area contributed by atoms with Crippen LogP contribution in [0.1, 0.15) is 5.56 Å². The molecule has 9 heteroatoms. The van der Waals surface area contributed by atoms with Crippen molar-refractivity contribution in [1.82, 2.24) is 0 Å². The Bertz CT molecular complexity index is 1230. The van der Waals surface area contributed by atoms with Crippen molar-refractivity contribution in [3.63, 3.8) is 0 Å². The number of hydrogen-bond donors (Lipinski definition) is 0. The van der Waals surface area contributed by atoms with Gasteiger partial charge in [0.2, 0.25) is 5.43 Å². The van der Waals surface area contributed by atoms with Crippen LogP contribution in [0.3, 0.4) is 0 Å². The van der Waals surface area contributed by atoms with Crippen LogP contribution < -0.4 is 5.43 Å². The van der Waals surface area contributed by atoms with Gasteiger partial charge in [-0.05, 0) is 12.1 Å². The predicted molar refractivity (Wildman–Crippen MR) is 84.5 cm³/mol. The Balaban J connectivity index is 2.59. The second-order valence-electron chi connectivity index (χ2n) is 5.07. The fourth-order valence-corrected chi connectivity index (χ4v) is 3.28. The largest absolute Gasteiger partial charge is 0.456 e. The molecule has 0 bridgehead atoms. The van der Waals surface area contributed by atoms with Gasteiger partial charge >= 0.3 is 0 Å². The molecule has 1 aromatic heterocycles. The van der Waals surface area contributed by atoms with Gasteiger partial charge in [0.25, 0.3) is 5.69 Å². The molecular formula is C15H8N2O6S. The maximum absolute atomic E-state index is 12.6. The molecule has 0 fully saturated rings. The molecule has 0 aliphatic rings. The van der Waals surface area contributed by atoms with Crippen molar-refractivity contribution in [3.8, 4) is 6.07 Å². The lowest BCUT2D eigenvalue weighted by atomic mass is 10.1. The highest BCUT2D eigenvalue weighted by Crippen LogP contribution is 2.30. The van der Waals surface area contributed by atoms with Gasteiger partial charge in [-0.2, -0.15) is 5.26 Å². The van der Waals surface area contributed by atoms with E-state index >= 15 is 0 Å². The first kappa shape index (κ1) is 15.6. The van der Waals surface area contributed by atoms with Crippen LogP contribution in [0.2, 0.25) is 0 Å². The molecule has 0 amide bonds. The molecule has 0 saturated heterocycles. The zero-order chi connectivity index (χ0) is 17.6. The maximum Gasteiger partial charge on any atom is 0.288 e. The van der Waals surface area contributed by atoms with E-state index in [-0.39, 0.29) is 27.5 Å². The lowest BCUT2D eigenvalue weighted by molar-refractivity contribution is -0.387. The van der Waals surface area contributed by atoms with Crippen LogP contribution >= 0.6 is 0 Å². The number of rotatable bonds is 2. The number of nitro groups is 1. The third kappa shape index (κ3) is 2.29. The van der Waals surface area contributed by atoms with Crippen molar-refractivity contribution >= 4 is 37.5 Å². The van der Waals surface area contributed by atoms with Crippen molar-refractivity contribution in [2.45, 2.75) is 4.90 Å². The summed E-state index contributed by atoms with van der Waals surface area (Å²) < 4.78 is 29.1. The number of sulfone groups is 1. The molecule has 0 radical (unpaired) electrons. The summed E-state index contributed by atoms with van der Waals surface area (Å²) >= 11 is 0. The Kier molecular flexibility index (Phi) is 3.35. The second kappa shape index (κ2) is 5.14. The van der Waals surface area contributed by atoms with Crippen molar-refractivity contribution in [1.29, 1.82) is 5.26 Å². The molecule has 0 N–H and O–H groups in total. The van der Waals surface area contributed by atoms with E-state index in [0.717, 1.165) is 18.4 Å². The third-order valence-electron chi connectivity index (χ3n) is 3.50. The normalized spacial score (nSPS) is 11.5. The van der Waals surface area contributed by atoms with E-state index in [1.54, 1.807) is 0 Å². The molecule has 8 nitrogen and oxygen atoms in total. The lowest BCUT2D eigenvalue weighted by Gasteiger charge is -2.05. The fraction of sp³-hybridized carbons (Fsp3) is 0.0667. The van der Waals surface area contributed by atoms with Crippen molar-refractivity contribution in [2.75, 3.05) is 6.26 Å². The Hall–Kier alpha value is -3.25. The summed E-state index contributed by atoms with van der Waals surface area (Å²) in [6, 6.07) is 8.08. The Labute approximate surface area is 134 Å². The minimum absolute atomic E-state index is 0.00564. The zero-order valence-corrected chi connectivity index (χ0v) is 13.0. The van der Waals surface area contributed by atoms with Crippen LogP contribution in [0.5, 0.6) is 0 Å². The average Bonchev–Trinajstić information content (AvgIpc) is 2.52. The van der Waals surface area contributed by atoms with Gasteiger partial charge in [-0.25, -0.2) is 8.42 Å². The van der Waals surface area contributed by atoms with Crippen LogP contribution in [0.4, 0.5) is 5.69 Å². The summed E-state index contributed by atoms with van der Waals surface area (Å²) in [4.78, 5) is 22.4. The second-order valence-corrected chi connectivity index (χ2v) is 7.05. The summed E-state index contributed by atoms with van der Waals surface area (Å²) in [5, 5.41) is 20.1. The summed E-state index contributed by atoms with van der Waals surface area (Å²) in [6.45, 7) is 0. The molecule has 0 atom stereocenters. The molecule has 3 rings (SSSR count). The van der Waals surface area contributed by atoms with E-state index in [4.69, 9.17) is 9.68 Å². The number of nitriles is 1. The van der Waals surface area contributed by atoms with Crippen molar-refractivity contribution in [2.24, 2.45) is 0 Å². The van der Waals surface area contributed by atoms with E-state index in [9.17, 15) is 23.3 Å². The van der Waals surface area contributed by atoms with Gasteiger partial charge in [0, 0.05) is 18.4 Å². The number of hydrogen-bond acceptors (Lipinski definition) is 7. The standard InChI is InChI=1S/C15H8N2O6S/c1-24(21,22)13-6-12-9(5-10(13)17(19)20)15(18)14-8(7-16)3-2-4-11(14)23-12/h2-6H,1H3. The van der Waals surface area contributed by atoms with Gasteiger partial charge in [0.1, 0.15) is 22.1 Å².